The Labute approximate surface area is 91.9 Å². The average molecular weight is 217 g/mol. The summed E-state index contributed by atoms with van der Waals surface area (Å²) in [4.78, 5) is 13.3. The number of carbonyl (C=O) groups is 1. The Morgan fingerprint density at radius 1 is 1.53 bits per heavy atom. The number of nitrogens with two attached hydrogens (primary N) is 1. The van der Waals surface area contributed by atoms with Crippen LogP contribution in [0, 0.1) is 0 Å². The van der Waals surface area contributed by atoms with Gasteiger partial charge in [-0.2, -0.15) is 0 Å². The van der Waals surface area contributed by atoms with Crippen LogP contribution in [-0.4, -0.2) is 57.2 Å². The number of likely N-dealkylation sites (N-methyl/N-ethyl adjacent to an activating group) is 1. The number of methoxy groups -OCH3 is 1. The Morgan fingerprint density at radius 2 is 2.20 bits per heavy atom. The Morgan fingerprint density at radius 3 is 2.73 bits per heavy atom. The molecule has 0 aromatic rings. The number of hydrogen-bond acceptors (Lipinski definition) is 4. The summed E-state index contributed by atoms with van der Waals surface area (Å²) in [5.41, 5.74) is 5.50. The summed E-state index contributed by atoms with van der Waals surface area (Å²) in [5.74, 6) is 0.0186. The molecule has 5 heteroatoms. The first-order valence-electron chi connectivity index (χ1n) is 5.26. The van der Waals surface area contributed by atoms with Crippen molar-refractivity contribution in [1.29, 1.82) is 0 Å². The molecule has 0 fully saturated rings. The molecular weight excluding hydrogens is 194 g/mol. The predicted octanol–water partition coefficient (Wildman–Crippen LogP) is -0.582. The van der Waals surface area contributed by atoms with Crippen molar-refractivity contribution in [1.82, 2.24) is 10.2 Å². The van der Waals surface area contributed by atoms with Crippen LogP contribution in [0.25, 0.3) is 0 Å². The first-order valence-corrected chi connectivity index (χ1v) is 5.26. The van der Waals surface area contributed by atoms with E-state index in [4.69, 9.17) is 10.5 Å². The van der Waals surface area contributed by atoms with E-state index < -0.39 is 0 Å². The van der Waals surface area contributed by atoms with Crippen molar-refractivity contribution in [3.63, 3.8) is 0 Å². The maximum atomic E-state index is 11.2. The van der Waals surface area contributed by atoms with Gasteiger partial charge in [-0.15, -0.1) is 0 Å². The third-order valence-electron chi connectivity index (χ3n) is 2.00. The Bertz CT molecular complexity index is 174. The summed E-state index contributed by atoms with van der Waals surface area (Å²) in [6.45, 7) is 4.90. The fourth-order valence-corrected chi connectivity index (χ4v) is 1.11. The molecule has 0 aliphatic heterocycles. The van der Waals surface area contributed by atoms with Gasteiger partial charge in [0.1, 0.15) is 0 Å². The number of ether oxygens (including phenoxy) is 1. The zero-order valence-electron chi connectivity index (χ0n) is 9.95. The van der Waals surface area contributed by atoms with Gasteiger partial charge < -0.3 is 20.7 Å². The van der Waals surface area contributed by atoms with Gasteiger partial charge in [-0.05, 0) is 14.0 Å². The normalized spacial score (nSPS) is 12.9. The lowest BCUT2D eigenvalue weighted by atomic mass is 10.2. The molecule has 0 aromatic heterocycles. The standard InChI is InChI=1S/C10H23N3O2/c1-9(11)8-10(14)12-4-5-13(2)6-7-15-3/h9H,4-8,11H2,1-3H3,(H,12,14). The van der Waals surface area contributed by atoms with E-state index in [1.807, 2.05) is 14.0 Å². The van der Waals surface area contributed by atoms with Gasteiger partial charge in [0.2, 0.25) is 5.91 Å². The highest BCUT2D eigenvalue weighted by Gasteiger charge is 2.04. The van der Waals surface area contributed by atoms with E-state index in [0.717, 1.165) is 13.1 Å². The molecule has 90 valence electrons. The molecule has 0 aliphatic carbocycles. The van der Waals surface area contributed by atoms with Crippen molar-refractivity contribution < 1.29 is 9.53 Å². The molecule has 5 nitrogen and oxygen atoms in total. The maximum Gasteiger partial charge on any atom is 0.221 e. The zero-order valence-corrected chi connectivity index (χ0v) is 9.95. The van der Waals surface area contributed by atoms with Crippen LogP contribution >= 0.6 is 0 Å². The fourth-order valence-electron chi connectivity index (χ4n) is 1.11. The highest BCUT2D eigenvalue weighted by molar-refractivity contribution is 5.76. The van der Waals surface area contributed by atoms with Gasteiger partial charge in [0.05, 0.1) is 6.61 Å². The van der Waals surface area contributed by atoms with E-state index >= 15 is 0 Å². The molecule has 1 unspecified atom stereocenters. The van der Waals surface area contributed by atoms with Crippen LogP contribution < -0.4 is 11.1 Å². The Hall–Kier alpha value is -0.650. The molecule has 0 radical (unpaired) electrons. The van der Waals surface area contributed by atoms with E-state index in [1.54, 1.807) is 7.11 Å². The second-order valence-corrected chi connectivity index (χ2v) is 3.83. The first-order chi connectivity index (χ1) is 7.06. The monoisotopic (exact) mass is 217 g/mol. The van der Waals surface area contributed by atoms with Gasteiger partial charge in [0.15, 0.2) is 0 Å². The second-order valence-electron chi connectivity index (χ2n) is 3.83. The molecule has 0 spiro atoms. The van der Waals surface area contributed by atoms with Crippen LogP contribution in [0.3, 0.4) is 0 Å². The van der Waals surface area contributed by atoms with E-state index in [-0.39, 0.29) is 11.9 Å². The highest BCUT2D eigenvalue weighted by Crippen LogP contribution is 1.86. The molecule has 0 saturated carbocycles. The smallest absolute Gasteiger partial charge is 0.221 e. The molecule has 1 amide bonds. The van der Waals surface area contributed by atoms with Gasteiger partial charge in [-0.1, -0.05) is 0 Å². The summed E-state index contributed by atoms with van der Waals surface area (Å²) >= 11 is 0. The molecule has 15 heavy (non-hydrogen) atoms. The lowest BCUT2D eigenvalue weighted by Crippen LogP contribution is -2.36. The summed E-state index contributed by atoms with van der Waals surface area (Å²) in [5, 5.41) is 2.82. The van der Waals surface area contributed by atoms with Crippen LogP contribution in [-0.2, 0) is 9.53 Å². The van der Waals surface area contributed by atoms with E-state index in [2.05, 4.69) is 10.2 Å². The van der Waals surface area contributed by atoms with Crippen molar-refractivity contribution in [3.8, 4) is 0 Å². The molecule has 3 N–H and O–H groups in total. The van der Waals surface area contributed by atoms with Crippen LogP contribution in [0.15, 0.2) is 0 Å². The van der Waals surface area contributed by atoms with Gasteiger partial charge in [-0.3, -0.25) is 4.79 Å². The van der Waals surface area contributed by atoms with Crippen LogP contribution in [0.1, 0.15) is 13.3 Å². The van der Waals surface area contributed by atoms with Gasteiger partial charge in [-0.25, -0.2) is 0 Å². The maximum absolute atomic E-state index is 11.2. The average Bonchev–Trinajstić information content (AvgIpc) is 2.13. The van der Waals surface area contributed by atoms with E-state index in [9.17, 15) is 4.79 Å². The number of carbonyl (C=O) groups excluding carboxylic acids is 1. The lowest BCUT2D eigenvalue weighted by molar-refractivity contribution is -0.121. The highest BCUT2D eigenvalue weighted by atomic mass is 16.5. The second kappa shape index (κ2) is 8.64. The van der Waals surface area contributed by atoms with Crippen molar-refractivity contribution in [2.24, 2.45) is 5.73 Å². The molecule has 0 saturated heterocycles. The third-order valence-corrected chi connectivity index (χ3v) is 2.00. The summed E-state index contributed by atoms with van der Waals surface area (Å²) in [6, 6.07) is -0.0729. The Balaban J connectivity index is 3.40. The quantitative estimate of drug-likeness (QED) is 0.571. The predicted molar refractivity (Wildman–Crippen MR) is 60.6 cm³/mol. The SMILES string of the molecule is COCCN(C)CCNC(=O)CC(C)N. The third kappa shape index (κ3) is 9.65. The minimum absolute atomic E-state index is 0.0186. The van der Waals surface area contributed by atoms with Crippen molar-refractivity contribution in [2.45, 2.75) is 19.4 Å². The topological polar surface area (TPSA) is 67.6 Å². The largest absolute Gasteiger partial charge is 0.383 e. The lowest BCUT2D eigenvalue weighted by Gasteiger charge is -2.16. The molecule has 1 atom stereocenters. The van der Waals surface area contributed by atoms with Crippen LogP contribution in [0.4, 0.5) is 0 Å². The summed E-state index contributed by atoms with van der Waals surface area (Å²) in [6.07, 6.45) is 0.391. The molecule has 0 bridgehead atoms. The molecular formula is C10H23N3O2. The number of rotatable bonds is 8. The van der Waals surface area contributed by atoms with Crippen molar-refractivity contribution in [2.75, 3.05) is 40.4 Å². The number of hydrogen-bond donors (Lipinski definition) is 2. The summed E-state index contributed by atoms with van der Waals surface area (Å²) in [7, 11) is 3.68. The molecule has 0 aliphatic rings. The van der Waals surface area contributed by atoms with Crippen LogP contribution in [0.5, 0.6) is 0 Å². The fraction of sp³-hybridized carbons (Fsp3) is 0.900. The van der Waals surface area contributed by atoms with Crippen molar-refractivity contribution in [3.05, 3.63) is 0 Å². The van der Waals surface area contributed by atoms with Gasteiger partial charge in [0, 0.05) is 39.2 Å². The number of nitrogens with one attached hydrogen (secondary N) is 1. The first kappa shape index (κ1) is 14.3. The summed E-state index contributed by atoms with van der Waals surface area (Å²) < 4.78 is 4.95. The Kier molecular flexibility index (Phi) is 8.27. The van der Waals surface area contributed by atoms with Gasteiger partial charge in [0.25, 0.3) is 0 Å². The minimum atomic E-state index is -0.0729. The van der Waals surface area contributed by atoms with E-state index in [0.29, 0.717) is 19.6 Å². The van der Waals surface area contributed by atoms with Crippen molar-refractivity contribution >= 4 is 5.91 Å². The molecule has 0 rings (SSSR count). The van der Waals surface area contributed by atoms with E-state index in [1.165, 1.54) is 0 Å². The van der Waals surface area contributed by atoms with Crippen LogP contribution in [0.2, 0.25) is 0 Å². The van der Waals surface area contributed by atoms with Gasteiger partial charge >= 0.3 is 0 Å². The molecule has 0 heterocycles. The minimum Gasteiger partial charge on any atom is -0.383 e. The molecule has 0 aromatic carbocycles. The zero-order chi connectivity index (χ0) is 11.7. The number of nitrogens with zero attached hydrogens (tertiary/aromatic N) is 1. The number of amides is 1.